The van der Waals surface area contributed by atoms with Crippen molar-refractivity contribution in [1.82, 2.24) is 0 Å². The topological polar surface area (TPSA) is 0 Å². The summed E-state index contributed by atoms with van der Waals surface area (Å²) in [6.07, 6.45) is 5.19. The molecule has 0 N–H and O–H groups in total. The van der Waals surface area contributed by atoms with Gasteiger partial charge in [-0.25, -0.2) is 0 Å². The zero-order valence-corrected chi connectivity index (χ0v) is 5.65. The Labute approximate surface area is 55.3 Å². The van der Waals surface area contributed by atoms with Crippen molar-refractivity contribution in [3.05, 3.63) is 22.8 Å². The first-order chi connectivity index (χ1) is 4.38. The van der Waals surface area contributed by atoms with Gasteiger partial charge in [0.15, 0.2) is 0 Å². The lowest BCUT2D eigenvalue weighted by Gasteiger charge is -2.18. The molecule has 0 spiro atoms. The van der Waals surface area contributed by atoms with Crippen LogP contribution in [0, 0.1) is 11.8 Å². The Balaban J connectivity index is 2.20. The first kappa shape index (κ1) is 4.32. The van der Waals surface area contributed by atoms with E-state index in [-0.39, 0.29) is 0 Å². The Morgan fingerprint density at radius 3 is 3.22 bits per heavy atom. The highest BCUT2D eigenvalue weighted by Gasteiger charge is 2.50. The average molecular weight is 118 g/mol. The molecule has 1 fully saturated rings. The highest BCUT2D eigenvalue weighted by molar-refractivity contribution is 5.67. The van der Waals surface area contributed by atoms with Crippen LogP contribution in [0.15, 0.2) is 22.8 Å². The third-order valence-corrected chi connectivity index (χ3v) is 3.01. The predicted molar refractivity (Wildman–Crippen MR) is 37.0 cm³/mol. The molecule has 0 amide bonds. The van der Waals surface area contributed by atoms with Crippen molar-refractivity contribution in [3.8, 4) is 0 Å². The van der Waals surface area contributed by atoms with E-state index in [2.05, 4.69) is 13.0 Å². The van der Waals surface area contributed by atoms with E-state index in [1.54, 1.807) is 16.7 Å². The molecule has 0 radical (unpaired) electrons. The van der Waals surface area contributed by atoms with Crippen molar-refractivity contribution < 1.29 is 0 Å². The average Bonchev–Trinajstić information content (AvgIpc) is 2.35. The molecule has 3 aliphatic rings. The van der Waals surface area contributed by atoms with Crippen molar-refractivity contribution >= 4 is 0 Å². The standard InChI is InChI=1S/C9H10/c1-5-2-3-6-8-4-7(5)9(6)8/h3,5,8H,2,4H2,1H3. The first-order valence-corrected chi connectivity index (χ1v) is 3.81. The monoisotopic (exact) mass is 118 g/mol. The number of allylic oxidation sites excluding steroid dienone is 4. The van der Waals surface area contributed by atoms with Crippen LogP contribution in [0.2, 0.25) is 0 Å². The molecule has 0 aromatic heterocycles. The van der Waals surface area contributed by atoms with Crippen LogP contribution in [-0.4, -0.2) is 0 Å². The minimum absolute atomic E-state index is 0.891. The van der Waals surface area contributed by atoms with Crippen LogP contribution in [0.25, 0.3) is 0 Å². The predicted octanol–water partition coefficient (Wildman–Crippen LogP) is 2.28. The Morgan fingerprint density at radius 2 is 2.44 bits per heavy atom. The summed E-state index contributed by atoms with van der Waals surface area (Å²) in [6.45, 7) is 2.35. The van der Waals surface area contributed by atoms with Crippen LogP contribution < -0.4 is 0 Å². The minimum Gasteiger partial charge on any atom is -0.0798 e. The number of hydrogen-bond donors (Lipinski definition) is 0. The second kappa shape index (κ2) is 1.03. The lowest BCUT2D eigenvalue weighted by molar-refractivity contribution is 0.616. The van der Waals surface area contributed by atoms with Crippen LogP contribution >= 0.6 is 0 Å². The normalized spacial score (nSPS) is 43.4. The van der Waals surface area contributed by atoms with E-state index in [0.29, 0.717) is 0 Å². The maximum Gasteiger partial charge on any atom is 0.0129 e. The van der Waals surface area contributed by atoms with Gasteiger partial charge < -0.3 is 0 Å². The maximum absolute atomic E-state index is 2.45. The van der Waals surface area contributed by atoms with E-state index in [9.17, 15) is 0 Å². The highest BCUT2D eigenvalue weighted by Crippen LogP contribution is 2.64. The van der Waals surface area contributed by atoms with Crippen LogP contribution in [0.4, 0.5) is 0 Å². The van der Waals surface area contributed by atoms with Crippen LogP contribution in [0.1, 0.15) is 19.8 Å². The van der Waals surface area contributed by atoms with Gasteiger partial charge in [0.25, 0.3) is 0 Å². The van der Waals surface area contributed by atoms with Crippen LogP contribution in [0.3, 0.4) is 0 Å². The minimum atomic E-state index is 0.891. The SMILES string of the molecule is CC1CC=C2C3=C1CC23. The molecule has 0 nitrogen and oxygen atoms in total. The second-order valence-electron chi connectivity index (χ2n) is 3.49. The molecule has 0 aromatic rings. The number of rotatable bonds is 0. The number of hydrogen-bond acceptors (Lipinski definition) is 0. The number of fused-ring (bicyclic) bond motifs is 1. The van der Waals surface area contributed by atoms with E-state index in [1.165, 1.54) is 12.8 Å². The summed E-state index contributed by atoms with van der Waals surface area (Å²) in [6, 6.07) is 0. The van der Waals surface area contributed by atoms with Gasteiger partial charge >= 0.3 is 0 Å². The maximum atomic E-state index is 2.45. The Morgan fingerprint density at radius 1 is 1.56 bits per heavy atom. The van der Waals surface area contributed by atoms with E-state index < -0.39 is 0 Å². The summed E-state index contributed by atoms with van der Waals surface area (Å²) in [4.78, 5) is 0. The second-order valence-corrected chi connectivity index (χ2v) is 3.49. The smallest absolute Gasteiger partial charge is 0.0129 e. The van der Waals surface area contributed by atoms with Gasteiger partial charge in [0.2, 0.25) is 0 Å². The van der Waals surface area contributed by atoms with Gasteiger partial charge in [0.1, 0.15) is 0 Å². The summed E-state index contributed by atoms with van der Waals surface area (Å²) in [5.74, 6) is 1.87. The molecule has 0 aliphatic heterocycles. The zero-order valence-electron chi connectivity index (χ0n) is 5.65. The van der Waals surface area contributed by atoms with Gasteiger partial charge in [-0.2, -0.15) is 0 Å². The summed E-state index contributed by atoms with van der Waals surface area (Å²) in [5.41, 5.74) is 5.26. The highest BCUT2D eigenvalue weighted by atomic mass is 14.5. The molecular weight excluding hydrogens is 108 g/mol. The van der Waals surface area contributed by atoms with Crippen LogP contribution in [-0.2, 0) is 0 Å². The molecule has 0 bridgehead atoms. The van der Waals surface area contributed by atoms with E-state index in [4.69, 9.17) is 0 Å². The molecule has 3 aliphatic carbocycles. The van der Waals surface area contributed by atoms with Gasteiger partial charge in [-0.15, -0.1) is 0 Å². The van der Waals surface area contributed by atoms with Gasteiger partial charge in [-0.1, -0.05) is 18.6 Å². The molecule has 0 saturated heterocycles. The van der Waals surface area contributed by atoms with Gasteiger partial charge in [-0.3, -0.25) is 0 Å². The van der Waals surface area contributed by atoms with Crippen molar-refractivity contribution in [2.24, 2.45) is 11.8 Å². The lowest BCUT2D eigenvalue weighted by atomic mass is 9.86. The molecule has 9 heavy (non-hydrogen) atoms. The molecule has 1 saturated carbocycles. The first-order valence-electron chi connectivity index (χ1n) is 3.81. The van der Waals surface area contributed by atoms with E-state index in [0.717, 1.165) is 11.8 Å². The third-order valence-electron chi connectivity index (χ3n) is 3.01. The Bertz CT molecular complexity index is 243. The molecule has 0 heteroatoms. The molecule has 46 valence electrons. The molecule has 2 atom stereocenters. The molecule has 3 rings (SSSR count). The molecule has 0 aromatic carbocycles. The van der Waals surface area contributed by atoms with E-state index in [1.807, 2.05) is 0 Å². The summed E-state index contributed by atoms with van der Waals surface area (Å²) >= 11 is 0. The zero-order chi connectivity index (χ0) is 6.01. The van der Waals surface area contributed by atoms with Gasteiger partial charge in [0.05, 0.1) is 0 Å². The fourth-order valence-corrected chi connectivity index (χ4v) is 2.27. The Hall–Kier alpha value is -0.520. The van der Waals surface area contributed by atoms with Gasteiger partial charge in [0, 0.05) is 5.92 Å². The quantitative estimate of drug-likeness (QED) is 0.457. The molecule has 0 heterocycles. The Kier molecular flexibility index (Phi) is 0.493. The summed E-state index contributed by atoms with van der Waals surface area (Å²) in [5, 5.41) is 0. The molecule has 2 unspecified atom stereocenters. The largest absolute Gasteiger partial charge is 0.0798 e. The van der Waals surface area contributed by atoms with Crippen LogP contribution in [0.5, 0.6) is 0 Å². The van der Waals surface area contributed by atoms with Crippen molar-refractivity contribution in [3.63, 3.8) is 0 Å². The fraction of sp³-hybridized carbons (Fsp3) is 0.556. The summed E-state index contributed by atoms with van der Waals surface area (Å²) in [7, 11) is 0. The summed E-state index contributed by atoms with van der Waals surface area (Å²) < 4.78 is 0. The van der Waals surface area contributed by atoms with E-state index >= 15 is 0 Å². The van der Waals surface area contributed by atoms with Gasteiger partial charge in [-0.05, 0) is 29.9 Å². The molecular formula is C9H10. The van der Waals surface area contributed by atoms with Crippen molar-refractivity contribution in [1.29, 1.82) is 0 Å². The van der Waals surface area contributed by atoms with Crippen molar-refractivity contribution in [2.75, 3.05) is 0 Å². The lowest BCUT2D eigenvalue weighted by Crippen LogP contribution is -2.05. The fourth-order valence-electron chi connectivity index (χ4n) is 2.27. The van der Waals surface area contributed by atoms with Crippen molar-refractivity contribution in [2.45, 2.75) is 19.8 Å². The third kappa shape index (κ3) is 0.320.